The minimum Gasteiger partial charge on any atom is -0.442 e. The van der Waals surface area contributed by atoms with Crippen molar-refractivity contribution in [2.75, 3.05) is 6.54 Å². The van der Waals surface area contributed by atoms with Crippen LogP contribution < -0.4 is 0 Å². The summed E-state index contributed by atoms with van der Waals surface area (Å²) in [7, 11) is 0. The molecule has 0 saturated carbocycles. The van der Waals surface area contributed by atoms with Gasteiger partial charge in [-0.25, -0.2) is 4.98 Å². The predicted octanol–water partition coefficient (Wildman–Crippen LogP) is 5.08. The van der Waals surface area contributed by atoms with E-state index in [9.17, 15) is 18.0 Å². The van der Waals surface area contributed by atoms with Gasteiger partial charge in [-0.15, -0.1) is 0 Å². The topological polar surface area (TPSA) is 46.3 Å². The van der Waals surface area contributed by atoms with Crippen LogP contribution in [-0.2, 0) is 4.79 Å². The van der Waals surface area contributed by atoms with E-state index in [0.717, 1.165) is 5.56 Å². The van der Waals surface area contributed by atoms with Crippen LogP contribution in [0.5, 0.6) is 0 Å². The van der Waals surface area contributed by atoms with Crippen LogP contribution in [0.2, 0.25) is 0 Å². The third kappa shape index (κ3) is 3.92. The molecule has 3 rings (SSSR count). The van der Waals surface area contributed by atoms with Crippen LogP contribution in [0.1, 0.15) is 56.7 Å². The second-order valence-corrected chi connectivity index (χ2v) is 6.82. The molecule has 0 spiro atoms. The first-order valence-corrected chi connectivity index (χ1v) is 8.68. The highest BCUT2D eigenvalue weighted by molar-refractivity contribution is 5.77. The Morgan fingerprint density at radius 3 is 2.62 bits per heavy atom. The molecule has 2 heterocycles. The van der Waals surface area contributed by atoms with Gasteiger partial charge < -0.3 is 9.32 Å². The van der Waals surface area contributed by atoms with Crippen molar-refractivity contribution in [3.05, 3.63) is 42.0 Å². The van der Waals surface area contributed by atoms with E-state index < -0.39 is 24.5 Å². The zero-order chi connectivity index (χ0) is 18.9. The maximum atomic E-state index is 12.6. The van der Waals surface area contributed by atoms with Crippen molar-refractivity contribution in [2.24, 2.45) is 0 Å². The molecule has 0 N–H and O–H groups in total. The number of nitrogens with zero attached hydrogens (tertiary/aromatic N) is 2. The Morgan fingerprint density at radius 1 is 1.31 bits per heavy atom. The lowest BCUT2D eigenvalue weighted by Gasteiger charge is -2.23. The number of carbonyl (C=O) groups excluding carboxylic acids is 1. The lowest BCUT2D eigenvalue weighted by molar-refractivity contribution is -0.162. The normalized spacial score (nSPS) is 17.9. The first-order chi connectivity index (χ1) is 12.3. The number of hydrogen-bond donors (Lipinski definition) is 0. The summed E-state index contributed by atoms with van der Waals surface area (Å²) in [6, 6.07) is 8.96. The zero-order valence-electron chi connectivity index (χ0n) is 14.7. The van der Waals surface area contributed by atoms with Crippen molar-refractivity contribution in [1.82, 2.24) is 9.88 Å². The lowest BCUT2D eigenvalue weighted by Crippen LogP contribution is -2.33. The summed E-state index contributed by atoms with van der Waals surface area (Å²) in [5.74, 6) is 0.139. The molecule has 1 amide bonds. The average Bonchev–Trinajstić information content (AvgIpc) is 3.21. The van der Waals surface area contributed by atoms with Crippen LogP contribution in [0.3, 0.4) is 0 Å². The summed E-state index contributed by atoms with van der Waals surface area (Å²) >= 11 is 0. The molecule has 1 aliphatic heterocycles. The van der Waals surface area contributed by atoms with E-state index >= 15 is 0 Å². The van der Waals surface area contributed by atoms with Crippen molar-refractivity contribution >= 4 is 5.91 Å². The van der Waals surface area contributed by atoms with Gasteiger partial charge in [-0.3, -0.25) is 4.79 Å². The summed E-state index contributed by atoms with van der Waals surface area (Å²) in [5.41, 5.74) is 1.57. The first-order valence-electron chi connectivity index (χ1n) is 8.68. The highest BCUT2D eigenvalue weighted by Crippen LogP contribution is 2.38. The van der Waals surface area contributed by atoms with Gasteiger partial charge in [0, 0.05) is 18.0 Å². The molecular weight excluding hydrogens is 345 g/mol. The van der Waals surface area contributed by atoms with E-state index in [0.29, 0.717) is 36.7 Å². The van der Waals surface area contributed by atoms with Crippen LogP contribution in [0.15, 0.2) is 34.7 Å². The SMILES string of the molecule is CC(C)c1oc([C@@H]2CCCN2C(=O)CC(F)(F)F)nc1-c1ccccc1. The third-order valence-electron chi connectivity index (χ3n) is 4.45. The van der Waals surface area contributed by atoms with Crippen molar-refractivity contribution in [1.29, 1.82) is 0 Å². The van der Waals surface area contributed by atoms with Gasteiger partial charge in [0.1, 0.15) is 23.9 Å². The number of rotatable bonds is 4. The van der Waals surface area contributed by atoms with Crippen molar-refractivity contribution < 1.29 is 22.4 Å². The zero-order valence-corrected chi connectivity index (χ0v) is 14.7. The van der Waals surface area contributed by atoms with Gasteiger partial charge in [-0.05, 0) is 12.8 Å². The fourth-order valence-corrected chi connectivity index (χ4v) is 3.28. The lowest BCUT2D eigenvalue weighted by atomic mass is 10.0. The minimum atomic E-state index is -4.51. The molecule has 1 aromatic carbocycles. The van der Waals surface area contributed by atoms with Gasteiger partial charge in [-0.2, -0.15) is 13.2 Å². The van der Waals surface area contributed by atoms with Gasteiger partial charge >= 0.3 is 6.18 Å². The first kappa shape index (κ1) is 18.5. The summed E-state index contributed by atoms with van der Waals surface area (Å²) in [6.07, 6.45) is -4.78. The van der Waals surface area contributed by atoms with Crippen molar-refractivity contribution in [3.8, 4) is 11.3 Å². The molecule has 7 heteroatoms. The smallest absolute Gasteiger partial charge is 0.397 e. The summed E-state index contributed by atoms with van der Waals surface area (Å²) in [4.78, 5) is 17.9. The molecule has 2 aromatic rings. The van der Waals surface area contributed by atoms with Gasteiger partial charge in [0.05, 0.1) is 0 Å². The molecule has 1 aromatic heterocycles. The van der Waals surface area contributed by atoms with Gasteiger partial charge in [0.15, 0.2) is 0 Å². The monoisotopic (exact) mass is 366 g/mol. The molecule has 140 valence electrons. The Labute approximate surface area is 150 Å². The molecule has 0 aliphatic carbocycles. The molecule has 0 radical (unpaired) electrons. The molecule has 0 unspecified atom stereocenters. The standard InChI is InChI=1S/C19H21F3N2O2/c1-12(2)17-16(13-7-4-3-5-8-13)23-18(26-17)14-9-6-10-24(14)15(25)11-19(20,21)22/h3-5,7-8,12,14H,6,9-11H2,1-2H3/t14-/m0/s1. The number of carbonyl (C=O) groups is 1. The summed E-state index contributed by atoms with van der Waals surface area (Å²) in [5, 5.41) is 0. The van der Waals surface area contributed by atoms with Crippen molar-refractivity contribution in [2.45, 2.75) is 51.2 Å². The van der Waals surface area contributed by atoms with Crippen LogP contribution in [0, 0.1) is 0 Å². The Kier molecular flexibility index (Phi) is 5.07. The molecule has 1 fully saturated rings. The maximum Gasteiger partial charge on any atom is 0.397 e. The number of alkyl halides is 3. The van der Waals surface area contributed by atoms with Crippen LogP contribution >= 0.6 is 0 Å². The predicted molar refractivity (Wildman–Crippen MR) is 90.4 cm³/mol. The quantitative estimate of drug-likeness (QED) is 0.758. The largest absolute Gasteiger partial charge is 0.442 e. The van der Waals surface area contributed by atoms with E-state index in [-0.39, 0.29) is 5.92 Å². The highest BCUT2D eigenvalue weighted by Gasteiger charge is 2.39. The molecule has 1 aliphatic rings. The summed E-state index contributed by atoms with van der Waals surface area (Å²) in [6.45, 7) is 4.23. The molecule has 1 atom stereocenters. The van der Waals surface area contributed by atoms with Crippen molar-refractivity contribution in [3.63, 3.8) is 0 Å². The average molecular weight is 366 g/mol. The number of hydrogen-bond acceptors (Lipinski definition) is 3. The number of benzene rings is 1. The number of aromatic nitrogens is 1. The maximum absolute atomic E-state index is 12.6. The summed E-state index contributed by atoms with van der Waals surface area (Å²) < 4.78 is 43.7. The highest BCUT2D eigenvalue weighted by atomic mass is 19.4. The molecule has 0 bridgehead atoms. The van der Waals surface area contributed by atoms with E-state index in [4.69, 9.17) is 4.42 Å². The van der Waals surface area contributed by atoms with Crippen LogP contribution in [0.25, 0.3) is 11.3 Å². The number of halogens is 3. The van der Waals surface area contributed by atoms with Gasteiger partial charge in [0.2, 0.25) is 11.8 Å². The number of likely N-dealkylation sites (tertiary alicyclic amines) is 1. The fourth-order valence-electron chi connectivity index (χ4n) is 3.28. The second kappa shape index (κ2) is 7.13. The van der Waals surface area contributed by atoms with E-state index in [2.05, 4.69) is 4.98 Å². The van der Waals surface area contributed by atoms with E-state index in [1.807, 2.05) is 44.2 Å². The third-order valence-corrected chi connectivity index (χ3v) is 4.45. The Balaban J connectivity index is 1.92. The minimum absolute atomic E-state index is 0.0622. The molecule has 1 saturated heterocycles. The van der Waals surface area contributed by atoms with Gasteiger partial charge in [0.25, 0.3) is 0 Å². The molecule has 4 nitrogen and oxygen atoms in total. The second-order valence-electron chi connectivity index (χ2n) is 6.82. The van der Waals surface area contributed by atoms with E-state index in [1.54, 1.807) is 0 Å². The van der Waals surface area contributed by atoms with Gasteiger partial charge in [-0.1, -0.05) is 44.2 Å². The Morgan fingerprint density at radius 2 is 2.00 bits per heavy atom. The van der Waals surface area contributed by atoms with Crippen LogP contribution in [-0.4, -0.2) is 28.5 Å². The fraction of sp³-hybridized carbons (Fsp3) is 0.474. The number of amides is 1. The van der Waals surface area contributed by atoms with Crippen LogP contribution in [0.4, 0.5) is 13.2 Å². The Bertz CT molecular complexity index is 769. The number of oxazole rings is 1. The molecule has 26 heavy (non-hydrogen) atoms. The molecular formula is C19H21F3N2O2. The van der Waals surface area contributed by atoms with E-state index in [1.165, 1.54) is 4.90 Å². The Hall–Kier alpha value is -2.31.